The van der Waals surface area contributed by atoms with Crippen LogP contribution in [-0.2, 0) is 17.4 Å². The minimum atomic E-state index is -1.51. The molecule has 4 rings (SSSR count). The fraction of sp³-hybridized carbons (Fsp3) is 0.391. The van der Waals surface area contributed by atoms with Crippen molar-refractivity contribution in [2.45, 2.75) is 52.2 Å². The van der Waals surface area contributed by atoms with Gasteiger partial charge in [0.2, 0.25) is 11.8 Å². The average Bonchev–Trinajstić information content (AvgIpc) is 3.33. The Morgan fingerprint density at radius 1 is 1.21 bits per heavy atom. The summed E-state index contributed by atoms with van der Waals surface area (Å²) in [7, 11) is 1.68. The number of amides is 2. The van der Waals surface area contributed by atoms with E-state index in [0.29, 0.717) is 58.4 Å². The molecule has 1 unspecified atom stereocenters. The Kier molecular flexibility index (Phi) is 5.57. The van der Waals surface area contributed by atoms with Crippen LogP contribution >= 0.6 is 0 Å². The van der Waals surface area contributed by atoms with Crippen molar-refractivity contribution in [1.82, 2.24) is 20.1 Å². The van der Waals surface area contributed by atoms with E-state index in [-0.39, 0.29) is 5.82 Å². The highest BCUT2D eigenvalue weighted by Gasteiger charge is 2.51. The van der Waals surface area contributed by atoms with Crippen LogP contribution in [0.4, 0.5) is 10.1 Å². The van der Waals surface area contributed by atoms with Gasteiger partial charge in [-0.1, -0.05) is 0 Å². The van der Waals surface area contributed by atoms with Crippen molar-refractivity contribution < 1.29 is 23.5 Å². The van der Waals surface area contributed by atoms with Crippen LogP contribution in [0.3, 0.4) is 0 Å². The highest BCUT2D eigenvalue weighted by molar-refractivity contribution is 6.06. The number of nitrogens with one attached hydrogen (secondary N) is 2. The number of carbonyl (C=O) groups is 2. The molecule has 1 saturated carbocycles. The van der Waals surface area contributed by atoms with Gasteiger partial charge in [0.15, 0.2) is 6.10 Å². The van der Waals surface area contributed by atoms with Gasteiger partial charge in [0, 0.05) is 25.4 Å². The number of halogens is 1. The van der Waals surface area contributed by atoms with E-state index in [9.17, 15) is 19.1 Å². The van der Waals surface area contributed by atoms with Crippen molar-refractivity contribution in [2.75, 3.05) is 5.32 Å². The normalized spacial score (nSPS) is 15.2. The van der Waals surface area contributed by atoms with Crippen molar-refractivity contribution in [2.24, 2.45) is 7.05 Å². The van der Waals surface area contributed by atoms with Crippen molar-refractivity contribution in [1.29, 1.82) is 0 Å². The number of anilines is 1. The molecule has 0 saturated heterocycles. The molecule has 0 radical (unpaired) electrons. The number of aliphatic hydroxyl groups is 1. The van der Waals surface area contributed by atoms with E-state index in [1.165, 1.54) is 12.1 Å². The van der Waals surface area contributed by atoms with Crippen molar-refractivity contribution >= 4 is 17.5 Å². The van der Waals surface area contributed by atoms with E-state index < -0.39 is 23.5 Å². The fourth-order valence-electron chi connectivity index (χ4n) is 4.07. The Morgan fingerprint density at radius 3 is 2.48 bits per heavy atom. The molecule has 1 atom stereocenters. The number of nitrogens with zero attached hydrogens (tertiary/aromatic N) is 3. The standard InChI is InChI=1S/C23H26FN5O4/c1-11-10-15(6-7-16(11)24)25-20(31)17-12(2)18(29(5)13(17)3)19(30)21(32)26-23(8-9-23)22-28-27-14(4)33-22/h6-7,10,19,30H,8-9H2,1-5H3,(H,25,31)(H,26,32). The van der Waals surface area contributed by atoms with Gasteiger partial charge in [-0.2, -0.15) is 0 Å². The summed E-state index contributed by atoms with van der Waals surface area (Å²) in [5.74, 6) is -0.679. The van der Waals surface area contributed by atoms with E-state index >= 15 is 0 Å². The zero-order valence-electron chi connectivity index (χ0n) is 19.1. The molecule has 0 spiro atoms. The van der Waals surface area contributed by atoms with E-state index in [2.05, 4.69) is 20.8 Å². The van der Waals surface area contributed by atoms with E-state index in [4.69, 9.17) is 4.42 Å². The van der Waals surface area contributed by atoms with Crippen molar-refractivity contribution in [3.63, 3.8) is 0 Å². The average molecular weight is 455 g/mol. The lowest BCUT2D eigenvalue weighted by Crippen LogP contribution is -2.39. The second-order valence-electron chi connectivity index (χ2n) is 8.55. The van der Waals surface area contributed by atoms with Gasteiger partial charge in [-0.05, 0) is 62.9 Å². The summed E-state index contributed by atoms with van der Waals surface area (Å²) in [6.45, 7) is 6.69. The summed E-state index contributed by atoms with van der Waals surface area (Å²) in [5, 5.41) is 24.3. The number of rotatable bonds is 6. The molecule has 1 fully saturated rings. The van der Waals surface area contributed by atoms with Crippen LogP contribution in [0.25, 0.3) is 0 Å². The Labute approximate surface area is 190 Å². The molecule has 174 valence electrons. The van der Waals surface area contributed by atoms with Crippen LogP contribution in [0.2, 0.25) is 0 Å². The number of aliphatic hydroxyl groups excluding tert-OH is 1. The van der Waals surface area contributed by atoms with Gasteiger partial charge in [-0.3, -0.25) is 9.59 Å². The third kappa shape index (κ3) is 4.02. The topological polar surface area (TPSA) is 122 Å². The predicted octanol–water partition coefficient (Wildman–Crippen LogP) is 2.87. The molecule has 2 amide bonds. The lowest BCUT2D eigenvalue weighted by Gasteiger charge is -2.18. The van der Waals surface area contributed by atoms with Gasteiger partial charge in [-0.15, -0.1) is 10.2 Å². The summed E-state index contributed by atoms with van der Waals surface area (Å²) in [4.78, 5) is 25.9. The summed E-state index contributed by atoms with van der Waals surface area (Å²) >= 11 is 0. The third-order valence-electron chi connectivity index (χ3n) is 6.18. The molecule has 1 aromatic carbocycles. The Balaban J connectivity index is 1.57. The highest BCUT2D eigenvalue weighted by Crippen LogP contribution is 2.45. The van der Waals surface area contributed by atoms with E-state index in [0.717, 1.165) is 0 Å². The first-order valence-corrected chi connectivity index (χ1v) is 10.6. The minimum Gasteiger partial charge on any atom is -0.423 e. The second kappa shape index (κ2) is 8.11. The molecule has 2 heterocycles. The van der Waals surface area contributed by atoms with Gasteiger partial charge in [0.05, 0.1) is 11.3 Å². The SMILES string of the molecule is Cc1nnc(C2(NC(=O)C(O)c3c(C)c(C(=O)Nc4ccc(F)c(C)c4)c(C)n3C)CC2)o1. The molecule has 33 heavy (non-hydrogen) atoms. The molecule has 10 heteroatoms. The molecule has 0 bridgehead atoms. The minimum absolute atomic E-state index is 0.308. The zero-order chi connectivity index (χ0) is 24.1. The molecule has 0 aliphatic heterocycles. The Bertz CT molecular complexity index is 1260. The largest absolute Gasteiger partial charge is 0.423 e. The van der Waals surface area contributed by atoms with Crippen molar-refractivity contribution in [3.8, 4) is 0 Å². The number of hydrogen-bond donors (Lipinski definition) is 3. The lowest BCUT2D eigenvalue weighted by atomic mass is 10.1. The second-order valence-corrected chi connectivity index (χ2v) is 8.55. The number of aryl methyl sites for hydroxylation is 2. The Hall–Kier alpha value is -3.53. The third-order valence-corrected chi connectivity index (χ3v) is 6.18. The first-order valence-electron chi connectivity index (χ1n) is 10.6. The molecular weight excluding hydrogens is 429 g/mol. The van der Waals surface area contributed by atoms with Crippen LogP contribution in [0, 0.1) is 33.5 Å². The van der Waals surface area contributed by atoms with Gasteiger partial charge >= 0.3 is 0 Å². The first-order chi connectivity index (χ1) is 15.5. The first kappa shape index (κ1) is 22.7. The molecule has 3 aromatic rings. The van der Waals surface area contributed by atoms with Crippen LogP contribution in [-0.4, -0.2) is 31.7 Å². The number of benzene rings is 1. The van der Waals surface area contributed by atoms with Gasteiger partial charge in [0.1, 0.15) is 11.4 Å². The monoisotopic (exact) mass is 455 g/mol. The highest BCUT2D eigenvalue weighted by atomic mass is 19.1. The maximum absolute atomic E-state index is 13.5. The van der Waals surface area contributed by atoms with E-state index in [1.807, 2.05) is 0 Å². The van der Waals surface area contributed by atoms with E-state index in [1.54, 1.807) is 45.4 Å². The molecule has 3 N–H and O–H groups in total. The molecule has 1 aliphatic carbocycles. The Morgan fingerprint density at radius 2 is 1.91 bits per heavy atom. The number of carbonyl (C=O) groups excluding carboxylic acids is 2. The van der Waals surface area contributed by atoms with Gasteiger partial charge in [-0.25, -0.2) is 4.39 Å². The van der Waals surface area contributed by atoms with Crippen LogP contribution < -0.4 is 10.6 Å². The summed E-state index contributed by atoms with van der Waals surface area (Å²) in [6, 6.07) is 4.30. The molecule has 9 nitrogen and oxygen atoms in total. The smallest absolute Gasteiger partial charge is 0.257 e. The zero-order valence-corrected chi connectivity index (χ0v) is 19.1. The van der Waals surface area contributed by atoms with Gasteiger partial charge in [0.25, 0.3) is 11.8 Å². The number of hydrogen-bond acceptors (Lipinski definition) is 6. The molecule has 2 aromatic heterocycles. The maximum Gasteiger partial charge on any atom is 0.257 e. The summed E-state index contributed by atoms with van der Waals surface area (Å²) < 4.78 is 20.6. The molecular formula is C23H26FN5O4. The number of aromatic nitrogens is 3. The predicted molar refractivity (Wildman–Crippen MR) is 117 cm³/mol. The molecule has 1 aliphatic rings. The maximum atomic E-state index is 13.5. The van der Waals surface area contributed by atoms with Gasteiger partial charge < -0.3 is 24.7 Å². The lowest BCUT2D eigenvalue weighted by molar-refractivity contribution is -0.131. The quantitative estimate of drug-likeness (QED) is 0.525. The van der Waals surface area contributed by atoms with Crippen molar-refractivity contribution in [3.05, 3.63) is 63.9 Å². The fourth-order valence-corrected chi connectivity index (χ4v) is 4.07. The summed E-state index contributed by atoms with van der Waals surface area (Å²) in [5.41, 5.74) is 1.80. The van der Waals surface area contributed by atoms with Crippen LogP contribution in [0.1, 0.15) is 63.6 Å². The van der Waals surface area contributed by atoms with Crippen LogP contribution in [0.15, 0.2) is 22.6 Å². The summed E-state index contributed by atoms with van der Waals surface area (Å²) in [6.07, 6.45) is -0.254. The van der Waals surface area contributed by atoms with Crippen LogP contribution in [0.5, 0.6) is 0 Å².